The van der Waals surface area contributed by atoms with E-state index in [4.69, 9.17) is 4.74 Å². The van der Waals surface area contributed by atoms with Gasteiger partial charge in [0.15, 0.2) is 0 Å². The number of ether oxygens (including phenoxy) is 1. The first-order valence-corrected chi connectivity index (χ1v) is 6.91. The number of hydrogen-bond acceptors (Lipinski definition) is 4. The molecular formula is C16H13N3O2. The second-order valence-corrected chi connectivity index (χ2v) is 5.04. The fourth-order valence-electron chi connectivity index (χ4n) is 2.72. The Labute approximate surface area is 121 Å². The zero-order valence-corrected chi connectivity index (χ0v) is 11.3. The minimum atomic E-state index is -0.0725. The van der Waals surface area contributed by atoms with Crippen molar-refractivity contribution in [3.05, 3.63) is 59.7 Å². The average molecular weight is 279 g/mol. The molecule has 0 N–H and O–H groups in total. The van der Waals surface area contributed by atoms with E-state index in [0.717, 1.165) is 24.2 Å². The van der Waals surface area contributed by atoms with Gasteiger partial charge in [0.05, 0.1) is 35.6 Å². The van der Waals surface area contributed by atoms with Gasteiger partial charge in [-0.2, -0.15) is 5.10 Å². The lowest BCUT2D eigenvalue weighted by molar-refractivity contribution is 0.103. The molecule has 0 unspecified atom stereocenters. The van der Waals surface area contributed by atoms with Crippen molar-refractivity contribution < 1.29 is 9.53 Å². The van der Waals surface area contributed by atoms with Gasteiger partial charge in [0, 0.05) is 12.4 Å². The van der Waals surface area contributed by atoms with Crippen molar-refractivity contribution in [2.24, 2.45) is 0 Å². The van der Waals surface area contributed by atoms with Gasteiger partial charge in [-0.1, -0.05) is 12.1 Å². The van der Waals surface area contributed by atoms with Crippen LogP contribution in [0.5, 0.6) is 5.75 Å². The van der Waals surface area contributed by atoms with Crippen molar-refractivity contribution in [2.45, 2.75) is 12.8 Å². The Morgan fingerprint density at radius 1 is 1.24 bits per heavy atom. The Morgan fingerprint density at radius 3 is 3.14 bits per heavy atom. The maximum atomic E-state index is 12.8. The molecule has 21 heavy (non-hydrogen) atoms. The molecule has 4 rings (SSSR count). The monoisotopic (exact) mass is 279 g/mol. The highest BCUT2D eigenvalue weighted by molar-refractivity contribution is 6.14. The number of carbonyl (C=O) groups excluding carboxylic acids is 1. The Bertz CT molecular complexity index is 838. The zero-order valence-electron chi connectivity index (χ0n) is 11.3. The van der Waals surface area contributed by atoms with Gasteiger partial charge >= 0.3 is 0 Å². The lowest BCUT2D eigenvalue weighted by Gasteiger charge is -2.19. The van der Waals surface area contributed by atoms with Crippen LogP contribution in [0.15, 0.2) is 43.0 Å². The van der Waals surface area contributed by atoms with Crippen molar-refractivity contribution in [3.8, 4) is 5.75 Å². The average Bonchev–Trinajstić information content (AvgIpc) is 2.98. The van der Waals surface area contributed by atoms with Crippen LogP contribution in [0.4, 0.5) is 0 Å². The molecule has 3 heterocycles. The molecule has 0 saturated heterocycles. The van der Waals surface area contributed by atoms with E-state index >= 15 is 0 Å². The summed E-state index contributed by atoms with van der Waals surface area (Å²) < 4.78 is 7.37. The second kappa shape index (κ2) is 4.70. The number of carbonyl (C=O) groups is 1. The summed E-state index contributed by atoms with van der Waals surface area (Å²) >= 11 is 0. The maximum absolute atomic E-state index is 12.8. The molecule has 1 aliphatic rings. The molecule has 0 atom stereocenters. The highest BCUT2D eigenvalue weighted by atomic mass is 16.5. The van der Waals surface area contributed by atoms with Crippen molar-refractivity contribution in [1.82, 2.24) is 14.6 Å². The molecule has 0 fully saturated rings. The summed E-state index contributed by atoms with van der Waals surface area (Å²) in [4.78, 5) is 16.9. The number of ketones is 1. The smallest absolute Gasteiger partial charge is 0.200 e. The van der Waals surface area contributed by atoms with Gasteiger partial charge in [0.25, 0.3) is 0 Å². The van der Waals surface area contributed by atoms with E-state index in [-0.39, 0.29) is 5.78 Å². The van der Waals surface area contributed by atoms with E-state index in [1.807, 2.05) is 18.2 Å². The van der Waals surface area contributed by atoms with E-state index < -0.39 is 0 Å². The van der Waals surface area contributed by atoms with Crippen LogP contribution in [0.3, 0.4) is 0 Å². The van der Waals surface area contributed by atoms with Crippen molar-refractivity contribution in [3.63, 3.8) is 0 Å². The van der Waals surface area contributed by atoms with Gasteiger partial charge in [-0.25, -0.2) is 4.52 Å². The summed E-state index contributed by atoms with van der Waals surface area (Å²) in [5, 5.41) is 4.19. The standard InChI is InChI=1S/C16H13N3O2/c20-15(13-9-18-19-7-6-17-10-14(13)19)12-5-1-3-11-4-2-8-21-16(11)12/h1,3,5-7,9-10H,2,4,8H2. The van der Waals surface area contributed by atoms with Crippen molar-refractivity contribution in [2.75, 3.05) is 6.61 Å². The molecule has 0 saturated carbocycles. The minimum absolute atomic E-state index is 0.0725. The minimum Gasteiger partial charge on any atom is -0.493 e. The van der Waals surface area contributed by atoms with Crippen molar-refractivity contribution in [1.29, 1.82) is 0 Å². The molecule has 2 aromatic heterocycles. The number of nitrogens with zero attached hydrogens (tertiary/aromatic N) is 3. The fourth-order valence-corrected chi connectivity index (χ4v) is 2.72. The van der Waals surface area contributed by atoms with Crippen LogP contribution < -0.4 is 4.74 Å². The molecule has 3 aromatic rings. The molecule has 0 amide bonds. The van der Waals surface area contributed by atoms with Crippen LogP contribution in [-0.2, 0) is 6.42 Å². The van der Waals surface area contributed by atoms with E-state index in [9.17, 15) is 4.79 Å². The Hall–Kier alpha value is -2.69. The van der Waals surface area contributed by atoms with Crippen LogP contribution in [-0.4, -0.2) is 27.0 Å². The number of rotatable bonds is 2. The van der Waals surface area contributed by atoms with E-state index in [1.165, 1.54) is 0 Å². The van der Waals surface area contributed by atoms with Gasteiger partial charge in [-0.05, 0) is 24.5 Å². The summed E-state index contributed by atoms with van der Waals surface area (Å²) in [5.41, 5.74) is 2.95. The third kappa shape index (κ3) is 1.89. The summed E-state index contributed by atoms with van der Waals surface area (Å²) in [6.45, 7) is 0.660. The molecule has 5 heteroatoms. The highest BCUT2D eigenvalue weighted by Crippen LogP contribution is 2.31. The van der Waals surface area contributed by atoms with Crippen LogP contribution in [0.1, 0.15) is 27.9 Å². The highest BCUT2D eigenvalue weighted by Gasteiger charge is 2.22. The number of fused-ring (bicyclic) bond motifs is 2. The third-order valence-corrected chi connectivity index (χ3v) is 3.75. The van der Waals surface area contributed by atoms with Crippen LogP contribution in [0.2, 0.25) is 0 Å². The topological polar surface area (TPSA) is 56.5 Å². The first-order chi connectivity index (χ1) is 10.3. The summed E-state index contributed by atoms with van der Waals surface area (Å²) in [5.74, 6) is 0.647. The predicted octanol–water partition coefficient (Wildman–Crippen LogP) is 2.29. The summed E-state index contributed by atoms with van der Waals surface area (Å²) in [6, 6.07) is 5.74. The number of benzene rings is 1. The largest absolute Gasteiger partial charge is 0.493 e. The van der Waals surface area contributed by atoms with Crippen LogP contribution in [0, 0.1) is 0 Å². The van der Waals surface area contributed by atoms with E-state index in [2.05, 4.69) is 10.1 Å². The second-order valence-electron chi connectivity index (χ2n) is 5.04. The lowest BCUT2D eigenvalue weighted by Crippen LogP contribution is -2.13. The van der Waals surface area contributed by atoms with Crippen molar-refractivity contribution >= 4 is 11.3 Å². The van der Waals surface area contributed by atoms with Gasteiger partial charge in [0.2, 0.25) is 5.78 Å². The van der Waals surface area contributed by atoms with Gasteiger partial charge in [0.1, 0.15) is 5.75 Å². The quantitative estimate of drug-likeness (QED) is 0.675. The summed E-state index contributed by atoms with van der Waals surface area (Å²) in [7, 11) is 0. The molecular weight excluding hydrogens is 266 g/mol. The molecule has 1 aromatic carbocycles. The predicted molar refractivity (Wildman–Crippen MR) is 76.7 cm³/mol. The molecule has 0 bridgehead atoms. The Kier molecular flexibility index (Phi) is 2.70. The first-order valence-electron chi connectivity index (χ1n) is 6.91. The number of para-hydroxylation sites is 1. The molecule has 0 aliphatic carbocycles. The van der Waals surface area contributed by atoms with E-state index in [1.54, 1.807) is 29.3 Å². The normalized spacial score (nSPS) is 13.7. The van der Waals surface area contributed by atoms with Gasteiger partial charge in [-0.15, -0.1) is 0 Å². The lowest BCUT2D eigenvalue weighted by atomic mass is 9.97. The van der Waals surface area contributed by atoms with Gasteiger partial charge in [-0.3, -0.25) is 9.78 Å². The van der Waals surface area contributed by atoms with E-state index in [0.29, 0.717) is 23.3 Å². The molecule has 0 spiro atoms. The van der Waals surface area contributed by atoms with Crippen LogP contribution >= 0.6 is 0 Å². The molecule has 104 valence electrons. The number of aromatic nitrogens is 3. The van der Waals surface area contributed by atoms with Crippen LogP contribution in [0.25, 0.3) is 5.52 Å². The zero-order chi connectivity index (χ0) is 14.2. The Balaban J connectivity index is 1.85. The van der Waals surface area contributed by atoms with Gasteiger partial charge < -0.3 is 4.74 Å². The third-order valence-electron chi connectivity index (χ3n) is 3.75. The number of hydrogen-bond donors (Lipinski definition) is 0. The maximum Gasteiger partial charge on any atom is 0.200 e. The molecule has 1 aliphatic heterocycles. The summed E-state index contributed by atoms with van der Waals surface area (Å²) in [6.07, 6.45) is 8.54. The SMILES string of the molecule is O=C(c1cccc2c1OCCC2)c1cnn2ccncc12. The first kappa shape index (κ1) is 12.1. The molecule has 5 nitrogen and oxygen atoms in total. The molecule has 0 radical (unpaired) electrons. The number of aryl methyl sites for hydroxylation is 1. The Morgan fingerprint density at radius 2 is 2.19 bits per heavy atom. The fraction of sp³-hybridized carbons (Fsp3) is 0.188.